The molecular weight excluding hydrogens is 284 g/mol. The Labute approximate surface area is 128 Å². The highest BCUT2D eigenvalue weighted by Crippen LogP contribution is 2.24. The van der Waals surface area contributed by atoms with Gasteiger partial charge < -0.3 is 20.1 Å². The second-order valence-corrected chi connectivity index (χ2v) is 5.14. The Balaban J connectivity index is 2.23. The summed E-state index contributed by atoms with van der Waals surface area (Å²) in [7, 11) is 1.29. The van der Waals surface area contributed by atoms with Gasteiger partial charge in [-0.05, 0) is 30.2 Å². The van der Waals surface area contributed by atoms with Crippen LogP contribution in [0.4, 0.5) is 0 Å². The Kier molecular flexibility index (Phi) is 5.04. The van der Waals surface area contributed by atoms with Crippen molar-refractivity contribution >= 4 is 22.8 Å². The van der Waals surface area contributed by atoms with Gasteiger partial charge in [-0.3, -0.25) is 4.79 Å². The molecule has 1 atom stereocenters. The maximum absolute atomic E-state index is 11.9. The minimum atomic E-state index is -0.745. The van der Waals surface area contributed by atoms with Crippen LogP contribution in [-0.2, 0) is 20.7 Å². The second kappa shape index (κ2) is 6.98. The number of methoxy groups -OCH3 is 1. The third-order valence-electron chi connectivity index (χ3n) is 3.47. The minimum absolute atomic E-state index is 0.151. The first-order valence-corrected chi connectivity index (χ1v) is 7.21. The van der Waals surface area contributed by atoms with Crippen LogP contribution < -0.4 is 5.32 Å². The highest BCUT2D eigenvalue weighted by molar-refractivity contribution is 5.87. The highest BCUT2D eigenvalue weighted by atomic mass is 16.5. The monoisotopic (exact) mass is 304 g/mol. The molecule has 6 nitrogen and oxygen atoms in total. The van der Waals surface area contributed by atoms with Gasteiger partial charge in [0, 0.05) is 29.9 Å². The molecule has 1 heterocycles. The zero-order valence-corrected chi connectivity index (χ0v) is 12.7. The largest absolute Gasteiger partial charge is 0.508 e. The van der Waals surface area contributed by atoms with Gasteiger partial charge in [-0.15, -0.1) is 0 Å². The number of hydrogen-bond donors (Lipinski definition) is 3. The van der Waals surface area contributed by atoms with Crippen LogP contribution in [0.15, 0.2) is 24.4 Å². The number of carbonyl (C=O) groups excluding carboxylic acids is 2. The lowest BCUT2D eigenvalue weighted by Crippen LogP contribution is -2.42. The molecule has 0 bridgehead atoms. The number of benzene rings is 1. The van der Waals surface area contributed by atoms with Gasteiger partial charge in [0.05, 0.1) is 7.11 Å². The number of amides is 1. The van der Waals surface area contributed by atoms with E-state index in [4.69, 9.17) is 4.74 Å². The molecule has 0 fully saturated rings. The van der Waals surface area contributed by atoms with E-state index >= 15 is 0 Å². The van der Waals surface area contributed by atoms with Crippen molar-refractivity contribution in [2.75, 3.05) is 7.11 Å². The van der Waals surface area contributed by atoms with Crippen LogP contribution in [0.25, 0.3) is 10.9 Å². The molecule has 2 rings (SSSR count). The lowest BCUT2D eigenvalue weighted by Gasteiger charge is -2.16. The Morgan fingerprint density at radius 3 is 2.86 bits per heavy atom. The molecule has 2 aromatic rings. The smallest absolute Gasteiger partial charge is 0.328 e. The summed E-state index contributed by atoms with van der Waals surface area (Å²) in [6.07, 6.45) is 3.14. The summed E-state index contributed by atoms with van der Waals surface area (Å²) in [6.45, 7) is 1.90. The van der Waals surface area contributed by atoms with Crippen LogP contribution >= 0.6 is 0 Å². The van der Waals surface area contributed by atoms with E-state index in [0.717, 1.165) is 16.5 Å². The molecule has 118 valence electrons. The van der Waals surface area contributed by atoms with E-state index in [1.54, 1.807) is 24.4 Å². The van der Waals surface area contributed by atoms with Crippen LogP contribution in [0, 0.1) is 0 Å². The summed E-state index contributed by atoms with van der Waals surface area (Å²) < 4.78 is 4.76. The molecule has 0 aliphatic carbocycles. The SMILES string of the molecule is CCCC(=O)N[C@@H](Cc1c[nH]c2ccc(O)cc12)C(=O)OC. The van der Waals surface area contributed by atoms with Crippen molar-refractivity contribution < 1.29 is 19.4 Å². The third kappa shape index (κ3) is 3.58. The van der Waals surface area contributed by atoms with Gasteiger partial charge in [0.25, 0.3) is 0 Å². The molecule has 0 unspecified atom stereocenters. The number of aromatic hydroxyl groups is 1. The first kappa shape index (κ1) is 15.9. The number of phenols is 1. The fourth-order valence-corrected chi connectivity index (χ4v) is 2.38. The van der Waals surface area contributed by atoms with E-state index in [1.807, 2.05) is 6.92 Å². The number of aromatic nitrogens is 1. The molecule has 1 aromatic carbocycles. The third-order valence-corrected chi connectivity index (χ3v) is 3.47. The van der Waals surface area contributed by atoms with E-state index in [9.17, 15) is 14.7 Å². The summed E-state index contributed by atoms with van der Waals surface area (Å²) >= 11 is 0. The molecule has 0 aliphatic rings. The number of H-pyrrole nitrogens is 1. The molecule has 0 saturated carbocycles. The summed E-state index contributed by atoms with van der Waals surface area (Å²) in [5, 5.41) is 13.1. The van der Waals surface area contributed by atoms with Crippen molar-refractivity contribution in [1.29, 1.82) is 0 Å². The van der Waals surface area contributed by atoms with Gasteiger partial charge in [-0.1, -0.05) is 6.92 Å². The van der Waals surface area contributed by atoms with Crippen LogP contribution in [0.3, 0.4) is 0 Å². The average molecular weight is 304 g/mol. The van der Waals surface area contributed by atoms with Gasteiger partial charge in [0.1, 0.15) is 11.8 Å². The molecule has 3 N–H and O–H groups in total. The number of hydrogen-bond acceptors (Lipinski definition) is 4. The Hall–Kier alpha value is -2.50. The van der Waals surface area contributed by atoms with Crippen molar-refractivity contribution in [1.82, 2.24) is 10.3 Å². The van der Waals surface area contributed by atoms with Gasteiger partial charge in [-0.2, -0.15) is 0 Å². The zero-order chi connectivity index (χ0) is 16.1. The van der Waals surface area contributed by atoms with Crippen molar-refractivity contribution in [3.63, 3.8) is 0 Å². The Bertz CT molecular complexity index is 678. The Morgan fingerprint density at radius 2 is 2.18 bits per heavy atom. The normalized spacial score (nSPS) is 12.1. The standard InChI is InChI=1S/C16H20N2O4/c1-3-4-15(20)18-14(16(21)22-2)7-10-9-17-13-6-5-11(19)8-12(10)13/h5-6,8-9,14,17,19H,3-4,7H2,1-2H3,(H,18,20)/t14-/m0/s1. The van der Waals surface area contributed by atoms with Gasteiger partial charge in [0.15, 0.2) is 0 Å². The number of ether oxygens (including phenoxy) is 1. The molecule has 6 heteroatoms. The van der Waals surface area contributed by atoms with E-state index in [2.05, 4.69) is 10.3 Å². The first-order valence-electron chi connectivity index (χ1n) is 7.21. The topological polar surface area (TPSA) is 91.4 Å². The zero-order valence-electron chi connectivity index (χ0n) is 12.7. The van der Waals surface area contributed by atoms with E-state index in [0.29, 0.717) is 19.3 Å². The highest BCUT2D eigenvalue weighted by Gasteiger charge is 2.23. The van der Waals surface area contributed by atoms with Crippen LogP contribution in [0.5, 0.6) is 5.75 Å². The fourth-order valence-electron chi connectivity index (χ4n) is 2.38. The lowest BCUT2D eigenvalue weighted by molar-refractivity contribution is -0.145. The predicted octanol–water partition coefficient (Wildman–Crippen LogP) is 1.87. The maximum Gasteiger partial charge on any atom is 0.328 e. The molecule has 0 aliphatic heterocycles. The molecule has 1 amide bonds. The van der Waals surface area contributed by atoms with Gasteiger partial charge in [0.2, 0.25) is 5.91 Å². The van der Waals surface area contributed by atoms with E-state index in [-0.39, 0.29) is 11.7 Å². The quantitative estimate of drug-likeness (QED) is 0.711. The predicted molar refractivity (Wildman–Crippen MR) is 82.5 cm³/mol. The number of fused-ring (bicyclic) bond motifs is 1. The van der Waals surface area contributed by atoms with Crippen molar-refractivity contribution in [3.8, 4) is 5.75 Å². The van der Waals surface area contributed by atoms with Gasteiger partial charge >= 0.3 is 5.97 Å². The summed E-state index contributed by atoms with van der Waals surface area (Å²) in [4.78, 5) is 26.7. The summed E-state index contributed by atoms with van der Waals surface area (Å²) in [6, 6.07) is 4.23. The molecule has 0 spiro atoms. The molecular formula is C16H20N2O4. The van der Waals surface area contributed by atoms with Gasteiger partial charge in [-0.25, -0.2) is 4.79 Å². The lowest BCUT2D eigenvalue weighted by atomic mass is 10.0. The van der Waals surface area contributed by atoms with Crippen molar-refractivity contribution in [3.05, 3.63) is 30.0 Å². The first-order chi connectivity index (χ1) is 10.5. The van der Waals surface area contributed by atoms with Crippen molar-refractivity contribution in [2.24, 2.45) is 0 Å². The number of esters is 1. The minimum Gasteiger partial charge on any atom is -0.508 e. The Morgan fingerprint density at radius 1 is 1.41 bits per heavy atom. The fraction of sp³-hybridized carbons (Fsp3) is 0.375. The maximum atomic E-state index is 11.9. The number of nitrogens with one attached hydrogen (secondary N) is 2. The number of phenolic OH excluding ortho intramolecular Hbond substituents is 1. The second-order valence-electron chi connectivity index (χ2n) is 5.14. The summed E-state index contributed by atoms with van der Waals surface area (Å²) in [5.74, 6) is -0.516. The van der Waals surface area contributed by atoms with Crippen LogP contribution in [-0.4, -0.2) is 35.1 Å². The summed E-state index contributed by atoms with van der Waals surface area (Å²) in [5.41, 5.74) is 1.69. The number of carbonyl (C=O) groups is 2. The molecule has 0 saturated heterocycles. The number of rotatable bonds is 6. The molecule has 1 aromatic heterocycles. The van der Waals surface area contributed by atoms with Crippen molar-refractivity contribution in [2.45, 2.75) is 32.2 Å². The van der Waals surface area contributed by atoms with Crippen LogP contribution in [0.2, 0.25) is 0 Å². The van der Waals surface area contributed by atoms with E-state index in [1.165, 1.54) is 7.11 Å². The molecule has 22 heavy (non-hydrogen) atoms. The van der Waals surface area contributed by atoms with Crippen LogP contribution in [0.1, 0.15) is 25.3 Å². The average Bonchev–Trinajstić information content (AvgIpc) is 2.88. The number of aromatic amines is 1. The molecule has 0 radical (unpaired) electrons. The van der Waals surface area contributed by atoms with E-state index < -0.39 is 12.0 Å².